The first kappa shape index (κ1) is 16.3. The molecule has 1 saturated carbocycles. The van der Waals surface area contributed by atoms with Crippen LogP contribution in [-0.4, -0.2) is 44.6 Å². The van der Waals surface area contributed by atoms with Gasteiger partial charge in [0.25, 0.3) is 0 Å². The van der Waals surface area contributed by atoms with Gasteiger partial charge < -0.3 is 10.1 Å². The zero-order valence-corrected chi connectivity index (χ0v) is 14.1. The van der Waals surface area contributed by atoms with Crippen molar-refractivity contribution in [3.8, 4) is 5.75 Å². The molecule has 6 nitrogen and oxygen atoms in total. The van der Waals surface area contributed by atoms with Gasteiger partial charge in [-0.05, 0) is 42.5 Å². The Kier molecular flexibility index (Phi) is 4.59. The minimum atomic E-state index is -3.36. The molecule has 2 aliphatic rings. The van der Waals surface area contributed by atoms with Crippen LogP contribution >= 0.6 is 0 Å². The number of nitrogens with zero attached hydrogens (tertiary/aromatic N) is 1. The molecule has 1 N–H and O–H groups in total. The number of carbonyl (C=O) groups is 1. The van der Waals surface area contributed by atoms with E-state index in [-0.39, 0.29) is 24.1 Å². The summed E-state index contributed by atoms with van der Waals surface area (Å²) in [7, 11) is -1.73. The number of nitrogens with one attached hydrogen (secondary N) is 1. The molecule has 7 heteroatoms. The number of methoxy groups -OCH3 is 1. The first-order valence-electron chi connectivity index (χ1n) is 7.91. The molecular weight excluding hydrogens is 316 g/mol. The molecule has 1 aliphatic heterocycles. The van der Waals surface area contributed by atoms with E-state index >= 15 is 0 Å². The maximum atomic E-state index is 12.4. The molecule has 1 aromatic rings. The standard InChI is InChI=1S/C16H22N2O4S/c1-22-15-5-4-14-11-18(8-6-13(14)10-15)23(20,21)9-7-17-16(19)12-2-3-12/h4-5,10,12H,2-3,6-9,11H2,1H3,(H,17,19). The molecule has 1 fully saturated rings. The topological polar surface area (TPSA) is 75.7 Å². The SMILES string of the molecule is COc1ccc2c(c1)CCN(S(=O)(=O)CCNC(=O)C1CC1)C2. The first-order valence-corrected chi connectivity index (χ1v) is 9.52. The molecule has 0 radical (unpaired) electrons. The quantitative estimate of drug-likeness (QED) is 0.836. The van der Waals surface area contributed by atoms with Crippen LogP contribution in [0.2, 0.25) is 0 Å². The Labute approximate surface area is 136 Å². The van der Waals surface area contributed by atoms with Crippen molar-refractivity contribution in [3.63, 3.8) is 0 Å². The van der Waals surface area contributed by atoms with Gasteiger partial charge in [-0.2, -0.15) is 4.31 Å². The van der Waals surface area contributed by atoms with Crippen LogP contribution in [0.1, 0.15) is 24.0 Å². The Morgan fingerprint density at radius 1 is 1.35 bits per heavy atom. The summed E-state index contributed by atoms with van der Waals surface area (Å²) in [5.74, 6) is 0.838. The lowest BCUT2D eigenvalue weighted by molar-refractivity contribution is -0.122. The predicted molar refractivity (Wildman–Crippen MR) is 86.6 cm³/mol. The van der Waals surface area contributed by atoms with Crippen molar-refractivity contribution in [1.29, 1.82) is 0 Å². The largest absolute Gasteiger partial charge is 0.497 e. The number of carbonyl (C=O) groups excluding carboxylic acids is 1. The summed E-state index contributed by atoms with van der Waals surface area (Å²) in [6, 6.07) is 5.74. The summed E-state index contributed by atoms with van der Waals surface area (Å²) in [4.78, 5) is 11.6. The highest BCUT2D eigenvalue weighted by Crippen LogP contribution is 2.28. The van der Waals surface area contributed by atoms with Crippen LogP contribution in [0.15, 0.2) is 18.2 Å². The van der Waals surface area contributed by atoms with Crippen LogP contribution in [-0.2, 0) is 27.8 Å². The molecule has 0 atom stereocenters. The van der Waals surface area contributed by atoms with Crippen LogP contribution in [0, 0.1) is 5.92 Å². The van der Waals surface area contributed by atoms with Crippen molar-refractivity contribution in [3.05, 3.63) is 29.3 Å². The van der Waals surface area contributed by atoms with E-state index in [0.29, 0.717) is 19.5 Å². The summed E-state index contributed by atoms with van der Waals surface area (Å²) >= 11 is 0. The van der Waals surface area contributed by atoms with Gasteiger partial charge >= 0.3 is 0 Å². The molecule has 23 heavy (non-hydrogen) atoms. The summed E-state index contributed by atoms with van der Waals surface area (Å²) in [5.41, 5.74) is 2.15. The molecule has 0 bridgehead atoms. The van der Waals surface area contributed by atoms with Crippen LogP contribution in [0.5, 0.6) is 5.75 Å². The molecule has 0 saturated heterocycles. The van der Waals surface area contributed by atoms with Crippen LogP contribution < -0.4 is 10.1 Å². The van der Waals surface area contributed by atoms with Crippen molar-refractivity contribution in [2.75, 3.05) is 26.0 Å². The lowest BCUT2D eigenvalue weighted by atomic mass is 10.0. The maximum absolute atomic E-state index is 12.4. The molecule has 0 unspecified atom stereocenters. The van der Waals surface area contributed by atoms with E-state index in [2.05, 4.69) is 5.32 Å². The second-order valence-corrected chi connectivity index (χ2v) is 8.19. The third-order valence-corrected chi connectivity index (χ3v) is 6.21. The monoisotopic (exact) mass is 338 g/mol. The Morgan fingerprint density at radius 3 is 2.83 bits per heavy atom. The molecule has 1 aliphatic carbocycles. The number of benzene rings is 1. The normalized spacial score (nSPS) is 18.3. The molecule has 1 amide bonds. The highest BCUT2D eigenvalue weighted by atomic mass is 32.2. The molecule has 3 rings (SSSR count). The highest BCUT2D eigenvalue weighted by molar-refractivity contribution is 7.89. The van der Waals surface area contributed by atoms with E-state index in [1.807, 2.05) is 18.2 Å². The Morgan fingerprint density at radius 2 is 2.13 bits per heavy atom. The fourth-order valence-electron chi connectivity index (χ4n) is 2.79. The second kappa shape index (κ2) is 6.49. The van der Waals surface area contributed by atoms with Crippen molar-refractivity contribution >= 4 is 15.9 Å². The number of hydrogen-bond acceptors (Lipinski definition) is 4. The molecule has 1 aromatic carbocycles. The Hall–Kier alpha value is -1.60. The van der Waals surface area contributed by atoms with E-state index < -0.39 is 10.0 Å². The van der Waals surface area contributed by atoms with Gasteiger partial charge in [0.1, 0.15) is 5.75 Å². The van der Waals surface area contributed by atoms with Crippen molar-refractivity contribution < 1.29 is 17.9 Å². The van der Waals surface area contributed by atoms with Crippen LogP contribution in [0.25, 0.3) is 0 Å². The van der Waals surface area contributed by atoms with Crippen LogP contribution in [0.4, 0.5) is 0 Å². The maximum Gasteiger partial charge on any atom is 0.223 e. The van der Waals surface area contributed by atoms with Crippen molar-refractivity contribution in [2.24, 2.45) is 5.92 Å². The van der Waals surface area contributed by atoms with E-state index in [9.17, 15) is 13.2 Å². The lowest BCUT2D eigenvalue weighted by Gasteiger charge is -2.28. The lowest BCUT2D eigenvalue weighted by Crippen LogP contribution is -2.40. The number of fused-ring (bicyclic) bond motifs is 1. The molecule has 126 valence electrons. The number of amides is 1. The fraction of sp³-hybridized carbons (Fsp3) is 0.562. The minimum absolute atomic E-state index is 0.0173. The average molecular weight is 338 g/mol. The summed E-state index contributed by atoms with van der Waals surface area (Å²) in [5, 5.41) is 2.71. The van der Waals surface area contributed by atoms with Crippen LogP contribution in [0.3, 0.4) is 0 Å². The van der Waals surface area contributed by atoms with Gasteiger partial charge in [0.2, 0.25) is 15.9 Å². The smallest absolute Gasteiger partial charge is 0.223 e. The van der Waals surface area contributed by atoms with Crippen molar-refractivity contribution in [2.45, 2.75) is 25.8 Å². The number of rotatable bonds is 6. The van der Waals surface area contributed by atoms with Gasteiger partial charge in [0.15, 0.2) is 0 Å². The van der Waals surface area contributed by atoms with Gasteiger partial charge in [0.05, 0.1) is 12.9 Å². The van der Waals surface area contributed by atoms with Gasteiger partial charge in [-0.15, -0.1) is 0 Å². The Bertz CT molecular complexity index is 698. The molecular formula is C16H22N2O4S. The van der Waals surface area contributed by atoms with Gasteiger partial charge in [-0.3, -0.25) is 4.79 Å². The third kappa shape index (κ3) is 3.84. The molecule has 0 aromatic heterocycles. The van der Waals surface area contributed by atoms with E-state index in [1.165, 1.54) is 4.31 Å². The average Bonchev–Trinajstić information content (AvgIpc) is 3.38. The molecule has 1 heterocycles. The number of hydrogen-bond donors (Lipinski definition) is 1. The fourth-order valence-corrected chi connectivity index (χ4v) is 4.11. The van der Waals surface area contributed by atoms with Gasteiger partial charge in [0, 0.05) is 25.6 Å². The number of ether oxygens (including phenoxy) is 1. The Balaban J connectivity index is 1.58. The summed E-state index contributed by atoms with van der Waals surface area (Å²) in [6.45, 7) is 1.04. The summed E-state index contributed by atoms with van der Waals surface area (Å²) < 4.78 is 31.6. The second-order valence-electron chi connectivity index (χ2n) is 6.10. The zero-order valence-electron chi connectivity index (χ0n) is 13.2. The minimum Gasteiger partial charge on any atom is -0.497 e. The van der Waals surface area contributed by atoms with E-state index in [0.717, 1.165) is 29.7 Å². The summed E-state index contributed by atoms with van der Waals surface area (Å²) in [6.07, 6.45) is 2.52. The van der Waals surface area contributed by atoms with Crippen molar-refractivity contribution in [1.82, 2.24) is 9.62 Å². The number of sulfonamides is 1. The van der Waals surface area contributed by atoms with E-state index in [1.54, 1.807) is 7.11 Å². The van der Waals surface area contributed by atoms with E-state index in [4.69, 9.17) is 4.74 Å². The first-order chi connectivity index (χ1) is 11.0. The predicted octanol–water partition coefficient (Wildman–Crippen LogP) is 0.909. The third-order valence-electron chi connectivity index (χ3n) is 4.39. The zero-order chi connectivity index (χ0) is 16.4. The molecule has 0 spiro atoms. The highest BCUT2D eigenvalue weighted by Gasteiger charge is 2.30. The van der Waals surface area contributed by atoms with Gasteiger partial charge in [-0.1, -0.05) is 6.07 Å². The van der Waals surface area contributed by atoms with Gasteiger partial charge in [-0.25, -0.2) is 8.42 Å².